The smallest absolute Gasteiger partial charge is 0.191 e. The van der Waals surface area contributed by atoms with Crippen LogP contribution in [0.25, 0.3) is 11.4 Å². The topological polar surface area (TPSA) is 30.7 Å². The average Bonchev–Trinajstić information content (AvgIpc) is 2.86. The maximum atomic E-state index is 5.93. The molecule has 1 aromatic carbocycles. The molecule has 0 aliphatic rings. The molecule has 0 aliphatic heterocycles. The van der Waals surface area contributed by atoms with Gasteiger partial charge in [0, 0.05) is 28.8 Å². The number of benzene rings is 1. The molecule has 0 spiro atoms. The molecule has 1 aromatic heterocycles. The summed E-state index contributed by atoms with van der Waals surface area (Å²) in [6.07, 6.45) is 2.24. The molecule has 0 fully saturated rings. The molecule has 0 bridgehead atoms. The van der Waals surface area contributed by atoms with E-state index in [9.17, 15) is 0 Å². The van der Waals surface area contributed by atoms with Crippen LogP contribution in [0.1, 0.15) is 19.8 Å². The van der Waals surface area contributed by atoms with Gasteiger partial charge in [0.05, 0.1) is 0 Å². The lowest BCUT2D eigenvalue weighted by molar-refractivity contribution is 0.592. The van der Waals surface area contributed by atoms with Crippen LogP contribution in [0.5, 0.6) is 0 Å². The average molecular weight is 330 g/mol. The zero-order valence-electron chi connectivity index (χ0n) is 11.4. The summed E-state index contributed by atoms with van der Waals surface area (Å²) < 4.78 is 2.17. The largest absolute Gasteiger partial charge is 0.302 e. The van der Waals surface area contributed by atoms with Crippen molar-refractivity contribution >= 4 is 35.0 Å². The van der Waals surface area contributed by atoms with Crippen LogP contribution in [0.15, 0.2) is 29.4 Å². The Morgan fingerprint density at radius 1 is 1.20 bits per heavy atom. The van der Waals surface area contributed by atoms with E-state index in [4.69, 9.17) is 23.2 Å². The second-order valence-electron chi connectivity index (χ2n) is 4.36. The standard InChI is InChI=1S/C14H17Cl2N3S/c1-2-3-9-19-13(11-4-6-12(16)7-5-11)17-18-14(19)20-10-8-15/h4-7H,2-3,8-10H2,1H3. The first-order chi connectivity index (χ1) is 9.76. The van der Waals surface area contributed by atoms with E-state index in [-0.39, 0.29) is 0 Å². The molecule has 6 heteroatoms. The van der Waals surface area contributed by atoms with E-state index in [1.165, 1.54) is 0 Å². The second-order valence-corrected chi connectivity index (χ2v) is 6.23. The Labute approximate surface area is 133 Å². The zero-order chi connectivity index (χ0) is 14.4. The van der Waals surface area contributed by atoms with Gasteiger partial charge in [-0.3, -0.25) is 0 Å². The normalized spacial score (nSPS) is 10.9. The van der Waals surface area contributed by atoms with Gasteiger partial charge in [-0.1, -0.05) is 36.7 Å². The van der Waals surface area contributed by atoms with Crippen LogP contribution in [0, 0.1) is 0 Å². The third-order valence-electron chi connectivity index (χ3n) is 2.86. The van der Waals surface area contributed by atoms with Crippen LogP contribution in [0.3, 0.4) is 0 Å². The molecule has 108 valence electrons. The lowest BCUT2D eigenvalue weighted by atomic mass is 10.2. The van der Waals surface area contributed by atoms with Crippen molar-refractivity contribution in [3.8, 4) is 11.4 Å². The molecule has 0 saturated carbocycles. The van der Waals surface area contributed by atoms with Crippen molar-refractivity contribution in [1.82, 2.24) is 14.8 Å². The molecule has 0 radical (unpaired) electrons. The number of rotatable bonds is 7. The van der Waals surface area contributed by atoms with Crippen LogP contribution >= 0.6 is 35.0 Å². The van der Waals surface area contributed by atoms with Gasteiger partial charge in [0.2, 0.25) is 0 Å². The first kappa shape index (κ1) is 15.7. The summed E-state index contributed by atoms with van der Waals surface area (Å²) in [4.78, 5) is 0. The summed E-state index contributed by atoms with van der Waals surface area (Å²) >= 11 is 13.3. The SMILES string of the molecule is CCCCn1c(SCCCl)nnc1-c1ccc(Cl)cc1. The van der Waals surface area contributed by atoms with E-state index >= 15 is 0 Å². The minimum atomic E-state index is 0.613. The maximum Gasteiger partial charge on any atom is 0.191 e. The number of aromatic nitrogens is 3. The van der Waals surface area contributed by atoms with Crippen molar-refractivity contribution in [2.75, 3.05) is 11.6 Å². The Morgan fingerprint density at radius 3 is 2.60 bits per heavy atom. The molecule has 0 aliphatic carbocycles. The Hall–Kier alpha value is -0.710. The number of unbranched alkanes of at least 4 members (excludes halogenated alkanes) is 1. The number of hydrogen-bond donors (Lipinski definition) is 0. The molecule has 2 rings (SSSR count). The first-order valence-electron chi connectivity index (χ1n) is 6.64. The molecule has 3 nitrogen and oxygen atoms in total. The van der Waals surface area contributed by atoms with Crippen LogP contribution in [-0.2, 0) is 6.54 Å². The highest BCUT2D eigenvalue weighted by Crippen LogP contribution is 2.25. The van der Waals surface area contributed by atoms with Gasteiger partial charge in [-0.2, -0.15) is 0 Å². The van der Waals surface area contributed by atoms with Crippen molar-refractivity contribution in [3.63, 3.8) is 0 Å². The highest BCUT2D eigenvalue weighted by molar-refractivity contribution is 7.99. The van der Waals surface area contributed by atoms with E-state index in [1.54, 1.807) is 11.8 Å². The van der Waals surface area contributed by atoms with Crippen molar-refractivity contribution in [1.29, 1.82) is 0 Å². The van der Waals surface area contributed by atoms with Crippen molar-refractivity contribution in [2.24, 2.45) is 0 Å². The third kappa shape index (κ3) is 3.90. The van der Waals surface area contributed by atoms with Crippen LogP contribution in [0.2, 0.25) is 5.02 Å². The van der Waals surface area contributed by atoms with Gasteiger partial charge in [-0.15, -0.1) is 21.8 Å². The molecule has 0 saturated heterocycles. The van der Waals surface area contributed by atoms with Gasteiger partial charge < -0.3 is 4.57 Å². The molecule has 0 unspecified atom stereocenters. The molecule has 20 heavy (non-hydrogen) atoms. The number of halogens is 2. The van der Waals surface area contributed by atoms with Crippen LogP contribution in [0.4, 0.5) is 0 Å². The van der Waals surface area contributed by atoms with Crippen molar-refractivity contribution in [3.05, 3.63) is 29.3 Å². The maximum absolute atomic E-state index is 5.93. The van der Waals surface area contributed by atoms with Gasteiger partial charge >= 0.3 is 0 Å². The zero-order valence-corrected chi connectivity index (χ0v) is 13.7. The highest BCUT2D eigenvalue weighted by Gasteiger charge is 2.13. The summed E-state index contributed by atoms with van der Waals surface area (Å²) in [6.45, 7) is 3.10. The summed E-state index contributed by atoms with van der Waals surface area (Å²) in [6, 6.07) is 7.71. The molecule has 0 N–H and O–H groups in total. The number of alkyl halides is 1. The molecular formula is C14H17Cl2N3S. The molecule has 2 aromatic rings. The fourth-order valence-corrected chi connectivity index (χ4v) is 2.90. The van der Waals surface area contributed by atoms with E-state index in [0.717, 1.165) is 46.7 Å². The Bertz CT molecular complexity index is 540. The number of nitrogens with zero attached hydrogens (tertiary/aromatic N) is 3. The van der Waals surface area contributed by atoms with Crippen molar-refractivity contribution < 1.29 is 0 Å². The summed E-state index contributed by atoms with van der Waals surface area (Å²) in [7, 11) is 0. The Balaban J connectivity index is 2.31. The predicted molar refractivity (Wildman–Crippen MR) is 86.8 cm³/mol. The number of hydrogen-bond acceptors (Lipinski definition) is 3. The van der Waals surface area contributed by atoms with Gasteiger partial charge in [-0.05, 0) is 30.7 Å². The van der Waals surface area contributed by atoms with E-state index in [0.29, 0.717) is 5.88 Å². The summed E-state index contributed by atoms with van der Waals surface area (Å²) in [5.41, 5.74) is 1.04. The fourth-order valence-electron chi connectivity index (χ4n) is 1.86. The molecular weight excluding hydrogens is 313 g/mol. The van der Waals surface area contributed by atoms with Gasteiger partial charge in [-0.25, -0.2) is 0 Å². The Morgan fingerprint density at radius 2 is 1.95 bits per heavy atom. The van der Waals surface area contributed by atoms with Gasteiger partial charge in [0.15, 0.2) is 11.0 Å². The highest BCUT2D eigenvalue weighted by atomic mass is 35.5. The third-order valence-corrected chi connectivity index (χ3v) is 4.50. The van der Waals surface area contributed by atoms with E-state index in [2.05, 4.69) is 21.7 Å². The quantitative estimate of drug-likeness (QED) is 0.543. The fraction of sp³-hybridized carbons (Fsp3) is 0.429. The monoisotopic (exact) mass is 329 g/mol. The first-order valence-corrected chi connectivity index (χ1v) is 8.54. The minimum Gasteiger partial charge on any atom is -0.302 e. The Kier molecular flexibility index (Phi) is 6.20. The van der Waals surface area contributed by atoms with Crippen molar-refractivity contribution in [2.45, 2.75) is 31.5 Å². The van der Waals surface area contributed by atoms with Gasteiger partial charge in [0.25, 0.3) is 0 Å². The summed E-state index contributed by atoms with van der Waals surface area (Å²) in [5, 5.41) is 10.3. The molecule has 1 heterocycles. The van der Waals surface area contributed by atoms with Crippen LogP contribution < -0.4 is 0 Å². The van der Waals surface area contributed by atoms with E-state index < -0.39 is 0 Å². The predicted octanol–water partition coefficient (Wildman–Crippen LogP) is 4.73. The second kappa shape index (κ2) is 7.91. The van der Waals surface area contributed by atoms with Gasteiger partial charge in [0.1, 0.15) is 0 Å². The van der Waals surface area contributed by atoms with Crippen LogP contribution in [-0.4, -0.2) is 26.4 Å². The minimum absolute atomic E-state index is 0.613. The molecule has 0 atom stereocenters. The van der Waals surface area contributed by atoms with E-state index in [1.807, 2.05) is 24.3 Å². The number of thioether (sulfide) groups is 1. The summed E-state index contributed by atoms with van der Waals surface area (Å²) in [5.74, 6) is 2.35. The lowest BCUT2D eigenvalue weighted by Crippen LogP contribution is -2.03. The lowest BCUT2D eigenvalue weighted by Gasteiger charge is -2.09. The molecule has 0 amide bonds.